The third-order valence-electron chi connectivity index (χ3n) is 6.03. The molecule has 0 bridgehead atoms. The van der Waals surface area contributed by atoms with Crippen LogP contribution in [0.5, 0.6) is 0 Å². The molecule has 0 fully saturated rings. The van der Waals surface area contributed by atoms with Crippen LogP contribution in [-0.4, -0.2) is 10.5 Å². The van der Waals surface area contributed by atoms with Crippen molar-refractivity contribution in [3.05, 3.63) is 117 Å². The molecule has 2 heterocycles. The number of para-hydroxylation sites is 2. The summed E-state index contributed by atoms with van der Waals surface area (Å²) < 4.78 is 1.94. The van der Waals surface area contributed by atoms with Gasteiger partial charge < -0.3 is 9.88 Å². The van der Waals surface area contributed by atoms with Crippen LogP contribution in [0, 0.1) is 0 Å². The first-order valence-corrected chi connectivity index (χ1v) is 12.0. The topological polar surface area (TPSA) is 51.1 Å². The van der Waals surface area contributed by atoms with E-state index in [9.17, 15) is 9.59 Å². The molecule has 0 aliphatic carbocycles. The van der Waals surface area contributed by atoms with Gasteiger partial charge in [0.2, 0.25) is 5.91 Å². The predicted octanol–water partition coefficient (Wildman–Crippen LogP) is 5.68. The van der Waals surface area contributed by atoms with Crippen molar-refractivity contribution in [2.45, 2.75) is 25.9 Å². The largest absolute Gasteiger partial charge is 0.343 e. The Balaban J connectivity index is 1.53. The van der Waals surface area contributed by atoms with Gasteiger partial charge >= 0.3 is 0 Å². The number of nitrogens with zero attached hydrogens (tertiary/aromatic N) is 1. The Kier molecular flexibility index (Phi) is 5.80. The summed E-state index contributed by atoms with van der Waals surface area (Å²) in [6.07, 6.45) is 0.975. The number of hydrogen-bond acceptors (Lipinski definition) is 3. The molecule has 0 saturated heterocycles. The summed E-state index contributed by atoms with van der Waals surface area (Å²) in [5.74, 6) is -0.105. The summed E-state index contributed by atoms with van der Waals surface area (Å²) in [7, 11) is 0. The van der Waals surface area contributed by atoms with Gasteiger partial charge in [-0.25, -0.2) is 0 Å². The predicted molar refractivity (Wildman–Crippen MR) is 136 cm³/mol. The Morgan fingerprint density at radius 1 is 0.879 bits per heavy atom. The zero-order valence-corrected chi connectivity index (χ0v) is 19.1. The molecule has 0 saturated carbocycles. The Hall–Kier alpha value is -3.70. The lowest BCUT2D eigenvalue weighted by molar-refractivity contribution is -0.122. The minimum Gasteiger partial charge on any atom is -0.343 e. The minimum absolute atomic E-state index is 0.00895. The number of pyridine rings is 1. The molecule has 1 N–H and O–H groups in total. The second kappa shape index (κ2) is 9.04. The van der Waals surface area contributed by atoms with Gasteiger partial charge in [0.15, 0.2) is 5.43 Å². The number of benzene rings is 3. The number of fused-ring (bicyclic) bond motifs is 2. The molecule has 0 radical (unpaired) electrons. The molecular formula is C28H24N2O2S. The number of carbonyl (C=O) groups is 1. The fourth-order valence-electron chi connectivity index (χ4n) is 4.32. The van der Waals surface area contributed by atoms with Crippen molar-refractivity contribution in [3.63, 3.8) is 0 Å². The number of nitrogens with one attached hydrogen (secondary N) is 1. The van der Waals surface area contributed by atoms with Crippen LogP contribution in [0.1, 0.15) is 29.0 Å². The van der Waals surface area contributed by atoms with Crippen molar-refractivity contribution >= 4 is 39.0 Å². The van der Waals surface area contributed by atoms with E-state index >= 15 is 0 Å². The van der Waals surface area contributed by atoms with Crippen LogP contribution in [0.4, 0.5) is 0 Å². The highest BCUT2D eigenvalue weighted by Crippen LogP contribution is 2.27. The molecule has 4 nitrogen and oxygen atoms in total. The molecule has 0 aliphatic rings. The van der Waals surface area contributed by atoms with Gasteiger partial charge in [0, 0.05) is 15.6 Å². The van der Waals surface area contributed by atoms with Crippen LogP contribution < -0.4 is 10.7 Å². The van der Waals surface area contributed by atoms with E-state index in [2.05, 4.69) is 36.5 Å². The molecule has 164 valence electrons. The lowest BCUT2D eigenvalue weighted by Crippen LogP contribution is -2.32. The number of amides is 1. The smallest absolute Gasteiger partial charge is 0.240 e. The molecule has 3 aromatic carbocycles. The van der Waals surface area contributed by atoms with Gasteiger partial charge in [-0.1, -0.05) is 61.5 Å². The minimum atomic E-state index is -0.222. The van der Waals surface area contributed by atoms with E-state index in [-0.39, 0.29) is 23.9 Å². The second-order valence-corrected chi connectivity index (χ2v) is 9.04. The second-order valence-electron chi connectivity index (χ2n) is 8.06. The van der Waals surface area contributed by atoms with Gasteiger partial charge in [-0.2, -0.15) is 0 Å². The fraction of sp³-hybridized carbons (Fsp3) is 0.143. The fourth-order valence-corrected chi connectivity index (χ4v) is 5.12. The van der Waals surface area contributed by atoms with Gasteiger partial charge in [0.05, 0.1) is 17.1 Å². The van der Waals surface area contributed by atoms with E-state index in [0.29, 0.717) is 10.8 Å². The Labute approximate surface area is 196 Å². The first-order valence-electron chi connectivity index (χ1n) is 11.1. The SMILES string of the molecule is CCc1ccc([C@H](NC(=O)Cn2c3ccccc3c(=O)c3ccccc32)c2cccs2)cc1. The van der Waals surface area contributed by atoms with Crippen molar-refractivity contribution in [1.29, 1.82) is 0 Å². The van der Waals surface area contributed by atoms with E-state index in [1.807, 2.05) is 70.6 Å². The summed E-state index contributed by atoms with van der Waals surface area (Å²) in [5, 5.41) is 6.50. The van der Waals surface area contributed by atoms with E-state index in [4.69, 9.17) is 0 Å². The van der Waals surface area contributed by atoms with Crippen molar-refractivity contribution in [3.8, 4) is 0 Å². The number of thiophene rings is 1. The van der Waals surface area contributed by atoms with E-state index in [1.54, 1.807) is 11.3 Å². The molecule has 0 spiro atoms. The number of hydrogen-bond donors (Lipinski definition) is 1. The summed E-state index contributed by atoms with van der Waals surface area (Å²) in [6, 6.07) is 27.2. The summed E-state index contributed by atoms with van der Waals surface area (Å²) in [4.78, 5) is 27.5. The highest BCUT2D eigenvalue weighted by atomic mass is 32.1. The lowest BCUT2D eigenvalue weighted by atomic mass is 10.0. The van der Waals surface area contributed by atoms with Gasteiger partial charge in [0.1, 0.15) is 6.54 Å². The van der Waals surface area contributed by atoms with Gasteiger partial charge in [-0.3, -0.25) is 9.59 Å². The quantitative estimate of drug-likeness (QED) is 0.337. The first-order chi connectivity index (χ1) is 16.2. The zero-order valence-electron chi connectivity index (χ0n) is 18.3. The molecule has 1 atom stereocenters. The monoisotopic (exact) mass is 452 g/mol. The standard InChI is InChI=1S/C28H24N2O2S/c1-2-19-13-15-20(16-14-19)27(25-12-7-17-33-25)29-26(31)18-30-23-10-5-3-8-21(23)28(32)22-9-4-6-11-24(22)30/h3-17,27H,2,18H2,1H3,(H,29,31)/t27-/m0/s1. The molecule has 5 aromatic rings. The maximum atomic E-state index is 13.4. The third-order valence-corrected chi connectivity index (χ3v) is 6.97. The summed E-state index contributed by atoms with van der Waals surface area (Å²) >= 11 is 1.63. The van der Waals surface area contributed by atoms with Gasteiger partial charge in [-0.05, 0) is 53.3 Å². The van der Waals surface area contributed by atoms with E-state index in [0.717, 1.165) is 27.9 Å². The average molecular weight is 453 g/mol. The normalized spacial score (nSPS) is 12.2. The zero-order chi connectivity index (χ0) is 22.8. The first kappa shape index (κ1) is 21.2. The van der Waals surface area contributed by atoms with Crippen molar-refractivity contribution in [2.75, 3.05) is 0 Å². The molecular weight excluding hydrogens is 428 g/mol. The van der Waals surface area contributed by atoms with Crippen molar-refractivity contribution in [2.24, 2.45) is 0 Å². The number of carbonyl (C=O) groups excluding carboxylic acids is 1. The number of aromatic nitrogens is 1. The Morgan fingerprint density at radius 2 is 1.52 bits per heavy atom. The van der Waals surface area contributed by atoms with Crippen molar-refractivity contribution in [1.82, 2.24) is 9.88 Å². The molecule has 5 rings (SSSR count). The van der Waals surface area contributed by atoms with Crippen LogP contribution in [0.25, 0.3) is 21.8 Å². The van der Waals surface area contributed by atoms with Gasteiger partial charge in [0.25, 0.3) is 0 Å². The van der Waals surface area contributed by atoms with Crippen LogP contribution in [0.3, 0.4) is 0 Å². The van der Waals surface area contributed by atoms with E-state index < -0.39 is 0 Å². The average Bonchev–Trinajstić information content (AvgIpc) is 3.40. The number of aryl methyl sites for hydroxylation is 1. The van der Waals surface area contributed by atoms with Crippen LogP contribution >= 0.6 is 11.3 Å². The van der Waals surface area contributed by atoms with Crippen molar-refractivity contribution < 1.29 is 4.79 Å². The number of rotatable bonds is 6. The third kappa shape index (κ3) is 4.08. The highest BCUT2D eigenvalue weighted by molar-refractivity contribution is 7.10. The van der Waals surface area contributed by atoms with Crippen LogP contribution in [0.15, 0.2) is 95.1 Å². The maximum Gasteiger partial charge on any atom is 0.240 e. The van der Waals surface area contributed by atoms with Crippen LogP contribution in [0.2, 0.25) is 0 Å². The molecule has 33 heavy (non-hydrogen) atoms. The van der Waals surface area contributed by atoms with Gasteiger partial charge in [-0.15, -0.1) is 11.3 Å². The summed E-state index contributed by atoms with van der Waals surface area (Å²) in [6.45, 7) is 2.25. The maximum absolute atomic E-state index is 13.4. The highest BCUT2D eigenvalue weighted by Gasteiger charge is 2.19. The van der Waals surface area contributed by atoms with Crippen LogP contribution in [-0.2, 0) is 17.8 Å². The molecule has 0 unspecified atom stereocenters. The Bertz CT molecular complexity index is 1420. The molecule has 1 amide bonds. The Morgan fingerprint density at radius 3 is 2.09 bits per heavy atom. The summed E-state index contributed by atoms with van der Waals surface area (Å²) in [5.41, 5.74) is 3.83. The molecule has 0 aliphatic heterocycles. The van der Waals surface area contributed by atoms with E-state index in [1.165, 1.54) is 5.56 Å². The molecule has 5 heteroatoms. The molecule has 2 aromatic heterocycles. The lowest BCUT2D eigenvalue weighted by Gasteiger charge is -2.20.